The van der Waals surface area contributed by atoms with Crippen LogP contribution in [0.4, 0.5) is 11.5 Å². The second kappa shape index (κ2) is 8.65. The summed E-state index contributed by atoms with van der Waals surface area (Å²) < 4.78 is 5.19. The van der Waals surface area contributed by atoms with Crippen LogP contribution in [0, 0.1) is 6.92 Å². The van der Waals surface area contributed by atoms with Gasteiger partial charge < -0.3 is 15.4 Å². The first-order chi connectivity index (χ1) is 12.6. The fourth-order valence-corrected chi connectivity index (χ4v) is 3.29. The van der Waals surface area contributed by atoms with Gasteiger partial charge in [0.1, 0.15) is 23.1 Å². The highest BCUT2D eigenvalue weighted by Crippen LogP contribution is 2.21. The third kappa shape index (κ3) is 4.94. The molecule has 3 rings (SSSR count). The van der Waals surface area contributed by atoms with E-state index in [-0.39, 0.29) is 5.91 Å². The van der Waals surface area contributed by atoms with Gasteiger partial charge in [0, 0.05) is 23.9 Å². The van der Waals surface area contributed by atoms with Crippen molar-refractivity contribution in [1.82, 2.24) is 9.97 Å². The molecule has 1 aromatic heterocycles. The molecule has 1 saturated carbocycles. The Morgan fingerprint density at radius 1 is 1.12 bits per heavy atom. The van der Waals surface area contributed by atoms with Crippen molar-refractivity contribution in [3.05, 3.63) is 41.9 Å². The standard InChI is InChI=1S/C20H26N4O2/c1-14-21-18(20(25)24-16-10-7-11-17(12-16)26-2)13-19(22-14)23-15-8-5-3-4-6-9-15/h7,10-13,15H,3-6,8-9H2,1-2H3,(H,24,25)(H,21,22,23). The first-order valence-electron chi connectivity index (χ1n) is 9.21. The zero-order valence-electron chi connectivity index (χ0n) is 15.4. The number of amides is 1. The number of rotatable bonds is 5. The van der Waals surface area contributed by atoms with Crippen LogP contribution in [0.5, 0.6) is 5.75 Å². The van der Waals surface area contributed by atoms with Gasteiger partial charge in [-0.3, -0.25) is 4.79 Å². The molecule has 1 aromatic carbocycles. The summed E-state index contributed by atoms with van der Waals surface area (Å²) >= 11 is 0. The number of ether oxygens (including phenoxy) is 1. The molecule has 0 radical (unpaired) electrons. The summed E-state index contributed by atoms with van der Waals surface area (Å²) in [5.74, 6) is 1.74. The summed E-state index contributed by atoms with van der Waals surface area (Å²) in [6, 6.07) is 9.40. The van der Waals surface area contributed by atoms with Crippen LogP contribution in [-0.2, 0) is 0 Å². The molecule has 1 fully saturated rings. The predicted octanol–water partition coefficient (Wildman–Crippen LogP) is 4.18. The third-order valence-electron chi connectivity index (χ3n) is 4.61. The monoisotopic (exact) mass is 354 g/mol. The molecule has 1 aliphatic rings. The molecule has 0 saturated heterocycles. The van der Waals surface area contributed by atoms with Crippen LogP contribution >= 0.6 is 0 Å². The molecule has 1 aliphatic carbocycles. The number of aromatic nitrogens is 2. The van der Waals surface area contributed by atoms with Crippen LogP contribution in [0.1, 0.15) is 54.8 Å². The lowest BCUT2D eigenvalue weighted by Crippen LogP contribution is -2.21. The zero-order chi connectivity index (χ0) is 18.4. The van der Waals surface area contributed by atoms with Gasteiger partial charge >= 0.3 is 0 Å². The van der Waals surface area contributed by atoms with E-state index in [2.05, 4.69) is 20.6 Å². The Morgan fingerprint density at radius 2 is 1.88 bits per heavy atom. The van der Waals surface area contributed by atoms with Crippen molar-refractivity contribution < 1.29 is 9.53 Å². The number of nitrogens with zero attached hydrogens (tertiary/aromatic N) is 2. The number of carbonyl (C=O) groups excluding carboxylic acids is 1. The molecule has 138 valence electrons. The fraction of sp³-hybridized carbons (Fsp3) is 0.450. The molecule has 1 heterocycles. The molecule has 0 aliphatic heterocycles. The minimum atomic E-state index is -0.257. The Morgan fingerprint density at radius 3 is 2.62 bits per heavy atom. The van der Waals surface area contributed by atoms with Gasteiger partial charge in [-0.25, -0.2) is 9.97 Å². The van der Waals surface area contributed by atoms with E-state index in [4.69, 9.17) is 4.74 Å². The highest BCUT2D eigenvalue weighted by molar-refractivity contribution is 6.03. The molecule has 2 aromatic rings. The van der Waals surface area contributed by atoms with Gasteiger partial charge in [0.05, 0.1) is 7.11 Å². The van der Waals surface area contributed by atoms with E-state index in [1.165, 1.54) is 25.7 Å². The van der Waals surface area contributed by atoms with Crippen LogP contribution in [0.25, 0.3) is 0 Å². The Balaban J connectivity index is 1.72. The van der Waals surface area contributed by atoms with Gasteiger partial charge in [-0.05, 0) is 31.9 Å². The molecule has 0 unspecified atom stereocenters. The molecule has 2 N–H and O–H groups in total. The minimum Gasteiger partial charge on any atom is -0.497 e. The number of nitrogens with one attached hydrogen (secondary N) is 2. The van der Waals surface area contributed by atoms with E-state index < -0.39 is 0 Å². The smallest absolute Gasteiger partial charge is 0.274 e. The largest absolute Gasteiger partial charge is 0.497 e. The van der Waals surface area contributed by atoms with E-state index in [1.54, 1.807) is 26.2 Å². The lowest BCUT2D eigenvalue weighted by atomic mass is 10.1. The number of anilines is 2. The second-order valence-electron chi connectivity index (χ2n) is 6.70. The highest BCUT2D eigenvalue weighted by atomic mass is 16.5. The van der Waals surface area contributed by atoms with Crippen LogP contribution in [-0.4, -0.2) is 29.0 Å². The van der Waals surface area contributed by atoms with Gasteiger partial charge in [-0.2, -0.15) is 0 Å². The number of hydrogen-bond acceptors (Lipinski definition) is 5. The Labute approximate surface area is 154 Å². The lowest BCUT2D eigenvalue weighted by Gasteiger charge is -2.17. The molecule has 0 bridgehead atoms. The molecule has 6 nitrogen and oxygen atoms in total. The summed E-state index contributed by atoms with van der Waals surface area (Å²) in [5.41, 5.74) is 1.03. The first-order valence-corrected chi connectivity index (χ1v) is 9.21. The van der Waals surface area contributed by atoms with Crippen molar-refractivity contribution in [2.45, 2.75) is 51.5 Å². The third-order valence-corrected chi connectivity index (χ3v) is 4.61. The van der Waals surface area contributed by atoms with E-state index >= 15 is 0 Å². The average Bonchev–Trinajstić information content (AvgIpc) is 2.90. The second-order valence-corrected chi connectivity index (χ2v) is 6.70. The molecule has 26 heavy (non-hydrogen) atoms. The van der Waals surface area contributed by atoms with Crippen LogP contribution < -0.4 is 15.4 Å². The summed E-state index contributed by atoms with van der Waals surface area (Å²) in [6.07, 6.45) is 7.38. The highest BCUT2D eigenvalue weighted by Gasteiger charge is 2.15. The van der Waals surface area contributed by atoms with Crippen LogP contribution in [0.2, 0.25) is 0 Å². The Hall–Kier alpha value is -2.63. The van der Waals surface area contributed by atoms with Crippen LogP contribution in [0.3, 0.4) is 0 Å². The minimum absolute atomic E-state index is 0.257. The number of benzene rings is 1. The van der Waals surface area contributed by atoms with Crippen LogP contribution in [0.15, 0.2) is 30.3 Å². The zero-order valence-corrected chi connectivity index (χ0v) is 15.4. The van der Waals surface area contributed by atoms with Crippen molar-refractivity contribution >= 4 is 17.4 Å². The summed E-state index contributed by atoms with van der Waals surface area (Å²) in [4.78, 5) is 21.3. The number of hydrogen-bond donors (Lipinski definition) is 2. The molecule has 6 heteroatoms. The van der Waals surface area contributed by atoms with E-state index in [0.717, 1.165) is 18.7 Å². The van der Waals surface area contributed by atoms with Gasteiger partial charge in [-0.15, -0.1) is 0 Å². The Kier molecular flexibility index (Phi) is 6.04. The predicted molar refractivity (Wildman–Crippen MR) is 103 cm³/mol. The van der Waals surface area contributed by atoms with Crippen molar-refractivity contribution in [1.29, 1.82) is 0 Å². The topological polar surface area (TPSA) is 76.1 Å². The maximum absolute atomic E-state index is 12.6. The van der Waals surface area contributed by atoms with Crippen molar-refractivity contribution in [3.63, 3.8) is 0 Å². The summed E-state index contributed by atoms with van der Waals surface area (Å²) in [6.45, 7) is 1.81. The fourth-order valence-electron chi connectivity index (χ4n) is 3.29. The van der Waals surface area contributed by atoms with E-state index in [9.17, 15) is 4.79 Å². The van der Waals surface area contributed by atoms with Gasteiger partial charge in [0.15, 0.2) is 0 Å². The van der Waals surface area contributed by atoms with Gasteiger partial charge in [0.2, 0.25) is 0 Å². The normalized spacial score (nSPS) is 15.2. The van der Waals surface area contributed by atoms with Gasteiger partial charge in [0.25, 0.3) is 5.91 Å². The maximum atomic E-state index is 12.6. The molecule has 0 spiro atoms. The first kappa shape index (κ1) is 18.2. The van der Waals surface area contributed by atoms with E-state index in [0.29, 0.717) is 29.0 Å². The molecule has 1 amide bonds. The Bertz CT molecular complexity index is 755. The SMILES string of the molecule is COc1cccc(NC(=O)c2cc(NC3CCCCCC3)nc(C)n2)c1. The van der Waals surface area contributed by atoms with Gasteiger partial charge in [-0.1, -0.05) is 31.7 Å². The molecular formula is C20H26N4O2. The van der Waals surface area contributed by atoms with Crippen molar-refractivity contribution in [2.75, 3.05) is 17.7 Å². The number of carbonyl (C=O) groups is 1. The molecule has 0 atom stereocenters. The molecular weight excluding hydrogens is 328 g/mol. The van der Waals surface area contributed by atoms with E-state index in [1.807, 2.05) is 18.2 Å². The summed E-state index contributed by atoms with van der Waals surface area (Å²) in [5, 5.41) is 6.35. The van der Waals surface area contributed by atoms with Crippen molar-refractivity contribution in [2.24, 2.45) is 0 Å². The lowest BCUT2D eigenvalue weighted by molar-refractivity contribution is 0.102. The van der Waals surface area contributed by atoms with Crippen molar-refractivity contribution in [3.8, 4) is 5.75 Å². The quantitative estimate of drug-likeness (QED) is 0.788. The summed E-state index contributed by atoms with van der Waals surface area (Å²) in [7, 11) is 1.60. The number of aryl methyl sites for hydroxylation is 1. The maximum Gasteiger partial charge on any atom is 0.274 e. The number of methoxy groups -OCH3 is 1. The average molecular weight is 354 g/mol.